The Hall–Kier alpha value is -3.76. The Balaban J connectivity index is 1.55. The zero-order chi connectivity index (χ0) is 23.6. The van der Waals surface area contributed by atoms with Crippen molar-refractivity contribution >= 4 is 30.2 Å². The Morgan fingerprint density at radius 2 is 2.09 bits per heavy atom. The van der Waals surface area contributed by atoms with Crippen molar-refractivity contribution in [2.24, 2.45) is 4.99 Å². The van der Waals surface area contributed by atoms with Crippen LogP contribution in [0.4, 0.5) is 16.6 Å². The van der Waals surface area contributed by atoms with Crippen molar-refractivity contribution in [1.29, 1.82) is 5.41 Å². The number of nitrogen functional groups attached to an aromatic ring is 1. The van der Waals surface area contributed by atoms with E-state index in [1.54, 1.807) is 29.6 Å². The predicted octanol–water partition coefficient (Wildman–Crippen LogP) is 1.75. The first-order valence-electron chi connectivity index (χ1n) is 11.0. The first-order chi connectivity index (χ1) is 16.0. The van der Waals surface area contributed by atoms with E-state index in [9.17, 15) is 4.79 Å². The summed E-state index contributed by atoms with van der Waals surface area (Å²) < 4.78 is 5.95. The minimum atomic E-state index is -0.517. The normalized spacial score (nSPS) is 15.8. The molecule has 1 aliphatic heterocycles. The van der Waals surface area contributed by atoms with Crippen molar-refractivity contribution in [3.05, 3.63) is 36.3 Å². The quantitative estimate of drug-likeness (QED) is 0.490. The van der Waals surface area contributed by atoms with Gasteiger partial charge in [-0.25, -0.2) is 19.7 Å². The number of hydrogen-bond donors (Lipinski definition) is 3. The van der Waals surface area contributed by atoms with Gasteiger partial charge in [0.1, 0.15) is 12.6 Å². The molecule has 0 bridgehead atoms. The minimum absolute atomic E-state index is 0.161. The van der Waals surface area contributed by atoms with Crippen LogP contribution in [-0.2, 0) is 6.61 Å². The summed E-state index contributed by atoms with van der Waals surface area (Å²) in [6.45, 7) is 6.56. The smallest absolute Gasteiger partial charge is 0.318 e. The van der Waals surface area contributed by atoms with Crippen molar-refractivity contribution in [2.75, 3.05) is 36.8 Å². The van der Waals surface area contributed by atoms with Gasteiger partial charge in [-0.2, -0.15) is 0 Å². The van der Waals surface area contributed by atoms with E-state index >= 15 is 0 Å². The van der Waals surface area contributed by atoms with Gasteiger partial charge in [-0.15, -0.1) is 0 Å². The molecular formula is C22H31N9O2. The molecular weight excluding hydrogens is 422 g/mol. The molecule has 2 unspecified atom stereocenters. The number of aliphatic imine (C=N–C) groups is 1. The standard InChI is InChI=1S/C22H31N9O2/c1-3-16(2)27-14-18(13-23)29-22(32)31-11-9-30(10-12-31)20-19(5-4-7-25-20)33-15-17-6-8-26-21(24)28-17/h4-8,13-14,16,18,23H,3,9-12,15H2,1-2H3,(H,29,32)(H2,24,26,28). The fourth-order valence-electron chi connectivity index (χ4n) is 3.20. The molecule has 0 spiro atoms. The number of aromatic nitrogens is 3. The number of carbonyl (C=O) groups excluding carboxylic acids is 1. The van der Waals surface area contributed by atoms with Crippen LogP contribution in [0, 0.1) is 5.41 Å². The van der Waals surface area contributed by atoms with Crippen LogP contribution in [0.25, 0.3) is 0 Å². The highest BCUT2D eigenvalue weighted by molar-refractivity contribution is 5.92. The number of urea groups is 1. The summed E-state index contributed by atoms with van der Waals surface area (Å²) >= 11 is 0. The van der Waals surface area contributed by atoms with Gasteiger partial charge in [0.2, 0.25) is 5.95 Å². The Labute approximate surface area is 193 Å². The van der Waals surface area contributed by atoms with Gasteiger partial charge in [0.05, 0.1) is 5.69 Å². The number of rotatable bonds is 9. The monoisotopic (exact) mass is 453 g/mol. The number of nitrogens with two attached hydrogens (primary N) is 1. The van der Waals surface area contributed by atoms with Crippen LogP contribution in [0.2, 0.25) is 0 Å². The highest BCUT2D eigenvalue weighted by atomic mass is 16.5. The maximum Gasteiger partial charge on any atom is 0.318 e. The highest BCUT2D eigenvalue weighted by Gasteiger charge is 2.24. The lowest BCUT2D eigenvalue weighted by atomic mass is 10.2. The Bertz CT molecular complexity index is 960. The van der Waals surface area contributed by atoms with Crippen LogP contribution in [0.15, 0.2) is 35.6 Å². The van der Waals surface area contributed by atoms with Gasteiger partial charge in [0, 0.05) is 57.0 Å². The second-order valence-electron chi connectivity index (χ2n) is 7.69. The van der Waals surface area contributed by atoms with E-state index in [2.05, 4.69) is 30.2 Å². The lowest BCUT2D eigenvalue weighted by Gasteiger charge is -2.36. The average molecular weight is 454 g/mol. The molecule has 0 saturated carbocycles. The van der Waals surface area contributed by atoms with E-state index in [1.807, 2.05) is 26.0 Å². The summed E-state index contributed by atoms with van der Waals surface area (Å²) in [6.07, 6.45) is 7.02. The van der Waals surface area contributed by atoms with E-state index in [1.165, 1.54) is 6.21 Å². The maximum absolute atomic E-state index is 12.6. The number of pyridine rings is 1. The highest BCUT2D eigenvalue weighted by Crippen LogP contribution is 2.27. The number of piperazine rings is 1. The largest absolute Gasteiger partial charge is 0.483 e. The van der Waals surface area contributed by atoms with Gasteiger partial charge in [-0.3, -0.25) is 4.99 Å². The molecule has 2 atom stereocenters. The first-order valence-corrected chi connectivity index (χ1v) is 11.0. The van der Waals surface area contributed by atoms with Gasteiger partial charge in [-0.05, 0) is 31.5 Å². The molecule has 11 heteroatoms. The van der Waals surface area contributed by atoms with E-state index in [-0.39, 0.29) is 24.6 Å². The lowest BCUT2D eigenvalue weighted by molar-refractivity contribution is 0.194. The number of ether oxygens (including phenoxy) is 1. The molecule has 2 aromatic rings. The van der Waals surface area contributed by atoms with Crippen LogP contribution in [-0.4, -0.2) is 76.6 Å². The second kappa shape index (κ2) is 11.7. The van der Waals surface area contributed by atoms with Crippen LogP contribution < -0.4 is 20.7 Å². The Morgan fingerprint density at radius 1 is 1.30 bits per heavy atom. The summed E-state index contributed by atoms with van der Waals surface area (Å²) in [6, 6.07) is 4.86. The molecule has 1 fully saturated rings. The van der Waals surface area contributed by atoms with E-state index < -0.39 is 6.04 Å². The lowest BCUT2D eigenvalue weighted by Crippen LogP contribution is -2.54. The van der Waals surface area contributed by atoms with Crippen molar-refractivity contribution in [1.82, 2.24) is 25.2 Å². The topological polar surface area (TPSA) is 146 Å². The fraction of sp³-hybridized carbons (Fsp3) is 0.455. The van der Waals surface area contributed by atoms with Crippen LogP contribution in [0.5, 0.6) is 5.75 Å². The third kappa shape index (κ3) is 6.86. The summed E-state index contributed by atoms with van der Waals surface area (Å²) in [7, 11) is 0. The number of anilines is 2. The van der Waals surface area contributed by atoms with Crippen LogP contribution >= 0.6 is 0 Å². The van der Waals surface area contributed by atoms with Crippen LogP contribution in [0.1, 0.15) is 26.0 Å². The van der Waals surface area contributed by atoms with Crippen LogP contribution in [0.3, 0.4) is 0 Å². The van der Waals surface area contributed by atoms with Gasteiger partial charge < -0.3 is 31.0 Å². The van der Waals surface area contributed by atoms with Gasteiger partial charge in [0.25, 0.3) is 0 Å². The fourth-order valence-corrected chi connectivity index (χ4v) is 3.20. The van der Waals surface area contributed by atoms with Crippen molar-refractivity contribution in [2.45, 2.75) is 39.0 Å². The third-order valence-electron chi connectivity index (χ3n) is 5.29. The van der Waals surface area contributed by atoms with Gasteiger partial charge >= 0.3 is 6.03 Å². The zero-order valence-electron chi connectivity index (χ0n) is 19.0. The summed E-state index contributed by atoms with van der Waals surface area (Å²) in [5, 5.41) is 10.4. The molecule has 176 valence electrons. The SMILES string of the molecule is CCC(C)N=CC(C=N)NC(=O)N1CCN(c2ncccc2OCc2ccnc(N)n2)CC1. The summed E-state index contributed by atoms with van der Waals surface area (Å²) in [5.41, 5.74) is 6.31. The molecule has 2 amide bonds. The number of nitrogens with zero attached hydrogens (tertiary/aromatic N) is 6. The van der Waals surface area contributed by atoms with E-state index in [0.29, 0.717) is 37.6 Å². The number of hydrogen-bond acceptors (Lipinski definition) is 9. The molecule has 3 rings (SSSR count). The van der Waals surface area contributed by atoms with Gasteiger partial charge in [0.15, 0.2) is 11.6 Å². The van der Waals surface area contributed by atoms with Crippen molar-refractivity contribution in [3.63, 3.8) is 0 Å². The predicted molar refractivity (Wildman–Crippen MR) is 128 cm³/mol. The Morgan fingerprint density at radius 3 is 2.79 bits per heavy atom. The number of amides is 2. The second-order valence-corrected chi connectivity index (χ2v) is 7.69. The first kappa shape index (κ1) is 23.9. The minimum Gasteiger partial charge on any atom is -0.483 e. The van der Waals surface area contributed by atoms with E-state index in [0.717, 1.165) is 12.2 Å². The number of carbonyl (C=O) groups is 1. The molecule has 2 aromatic heterocycles. The van der Waals surface area contributed by atoms with Gasteiger partial charge in [-0.1, -0.05) is 6.92 Å². The molecule has 0 aliphatic carbocycles. The molecule has 3 heterocycles. The third-order valence-corrected chi connectivity index (χ3v) is 5.29. The van der Waals surface area contributed by atoms with Crippen molar-refractivity contribution < 1.29 is 9.53 Å². The maximum atomic E-state index is 12.6. The molecule has 0 aromatic carbocycles. The molecule has 11 nitrogen and oxygen atoms in total. The molecule has 1 aliphatic rings. The molecule has 33 heavy (non-hydrogen) atoms. The van der Waals surface area contributed by atoms with E-state index in [4.69, 9.17) is 15.9 Å². The molecule has 1 saturated heterocycles. The molecule has 4 N–H and O–H groups in total. The number of nitrogens with one attached hydrogen (secondary N) is 2. The Kier molecular flexibility index (Phi) is 8.50. The van der Waals surface area contributed by atoms with Crippen molar-refractivity contribution in [3.8, 4) is 5.75 Å². The summed E-state index contributed by atoms with van der Waals surface area (Å²) in [4.78, 5) is 33.4. The average Bonchev–Trinajstić information content (AvgIpc) is 2.85. The molecule has 0 radical (unpaired) electrons. The summed E-state index contributed by atoms with van der Waals surface area (Å²) in [5.74, 6) is 1.56. The zero-order valence-corrected chi connectivity index (χ0v) is 19.0.